The van der Waals surface area contributed by atoms with Crippen molar-refractivity contribution in [1.29, 1.82) is 0 Å². The van der Waals surface area contributed by atoms with E-state index in [9.17, 15) is 18.0 Å². The lowest BCUT2D eigenvalue weighted by Crippen LogP contribution is -2.31. The summed E-state index contributed by atoms with van der Waals surface area (Å²) in [5.74, 6) is 0. The zero-order chi connectivity index (χ0) is 12.5. The number of hydrazone groups is 1. The van der Waals surface area contributed by atoms with Crippen molar-refractivity contribution in [3.8, 4) is 0 Å². The molecule has 0 unspecified atom stereocenters. The summed E-state index contributed by atoms with van der Waals surface area (Å²) in [5, 5.41) is 4.45. The SMILES string of the molecule is O=C1OCC=NN1c1cccc(C(F)(F)F)c1. The van der Waals surface area contributed by atoms with Crippen LogP contribution < -0.4 is 5.01 Å². The second kappa shape index (κ2) is 4.08. The first kappa shape index (κ1) is 11.4. The molecule has 0 radical (unpaired) electrons. The van der Waals surface area contributed by atoms with Crippen molar-refractivity contribution in [2.24, 2.45) is 5.10 Å². The summed E-state index contributed by atoms with van der Waals surface area (Å²) in [6.07, 6.45) is -3.96. The van der Waals surface area contributed by atoms with Crippen molar-refractivity contribution < 1.29 is 22.7 Å². The first-order valence-electron chi connectivity index (χ1n) is 4.65. The molecule has 0 saturated heterocycles. The van der Waals surface area contributed by atoms with E-state index in [0.29, 0.717) is 0 Å². The van der Waals surface area contributed by atoms with Crippen LogP contribution >= 0.6 is 0 Å². The summed E-state index contributed by atoms with van der Waals surface area (Å²) in [7, 11) is 0. The van der Waals surface area contributed by atoms with E-state index in [1.807, 2.05) is 0 Å². The Morgan fingerprint density at radius 2 is 2.12 bits per heavy atom. The molecule has 1 aromatic rings. The maximum Gasteiger partial charge on any atom is 0.435 e. The van der Waals surface area contributed by atoms with Gasteiger partial charge in [-0.2, -0.15) is 23.3 Å². The van der Waals surface area contributed by atoms with E-state index < -0.39 is 17.8 Å². The van der Waals surface area contributed by atoms with Gasteiger partial charge >= 0.3 is 12.3 Å². The van der Waals surface area contributed by atoms with Gasteiger partial charge in [0, 0.05) is 0 Å². The van der Waals surface area contributed by atoms with E-state index in [2.05, 4.69) is 9.84 Å². The van der Waals surface area contributed by atoms with Gasteiger partial charge in [-0.1, -0.05) is 6.07 Å². The number of anilines is 1. The number of ether oxygens (including phenoxy) is 1. The van der Waals surface area contributed by atoms with Crippen molar-refractivity contribution >= 4 is 18.0 Å². The van der Waals surface area contributed by atoms with Crippen LogP contribution in [0.1, 0.15) is 5.56 Å². The number of carbonyl (C=O) groups excluding carboxylic acids is 1. The lowest BCUT2D eigenvalue weighted by Gasteiger charge is -2.20. The first-order valence-corrected chi connectivity index (χ1v) is 4.65. The number of carbonyl (C=O) groups is 1. The van der Waals surface area contributed by atoms with E-state index >= 15 is 0 Å². The topological polar surface area (TPSA) is 41.9 Å². The van der Waals surface area contributed by atoms with Crippen LogP contribution in [0, 0.1) is 0 Å². The summed E-state index contributed by atoms with van der Waals surface area (Å²) in [4.78, 5) is 11.3. The second-order valence-corrected chi connectivity index (χ2v) is 3.23. The molecule has 1 aliphatic rings. The first-order chi connectivity index (χ1) is 7.98. The zero-order valence-corrected chi connectivity index (χ0v) is 8.44. The lowest BCUT2D eigenvalue weighted by atomic mass is 10.2. The highest BCUT2D eigenvalue weighted by Gasteiger charge is 2.31. The lowest BCUT2D eigenvalue weighted by molar-refractivity contribution is -0.137. The number of benzene rings is 1. The summed E-state index contributed by atoms with van der Waals surface area (Å²) >= 11 is 0. The standard InChI is InChI=1S/C10H7F3N2O2/c11-10(12,13)7-2-1-3-8(6-7)15-9(16)17-5-4-14-15/h1-4,6H,5H2. The monoisotopic (exact) mass is 244 g/mol. The largest absolute Gasteiger partial charge is 0.442 e. The molecule has 1 amide bonds. The van der Waals surface area contributed by atoms with Gasteiger partial charge in [-0.25, -0.2) is 4.79 Å². The summed E-state index contributed by atoms with van der Waals surface area (Å²) < 4.78 is 42.0. The third kappa shape index (κ3) is 2.38. The molecule has 17 heavy (non-hydrogen) atoms. The highest BCUT2D eigenvalue weighted by molar-refractivity contribution is 5.91. The fraction of sp³-hybridized carbons (Fsp3) is 0.200. The Morgan fingerprint density at radius 3 is 2.76 bits per heavy atom. The molecule has 90 valence electrons. The van der Waals surface area contributed by atoms with Gasteiger partial charge < -0.3 is 4.74 Å². The van der Waals surface area contributed by atoms with Gasteiger partial charge in [-0.15, -0.1) is 0 Å². The molecule has 0 saturated carbocycles. The van der Waals surface area contributed by atoms with Gasteiger partial charge in [0.1, 0.15) is 6.61 Å². The number of cyclic esters (lactones) is 1. The molecule has 0 spiro atoms. The van der Waals surface area contributed by atoms with Gasteiger partial charge in [0.15, 0.2) is 0 Å². The predicted molar refractivity (Wildman–Crippen MR) is 53.8 cm³/mol. The zero-order valence-electron chi connectivity index (χ0n) is 8.44. The van der Waals surface area contributed by atoms with Gasteiger partial charge in [0.2, 0.25) is 0 Å². The fourth-order valence-corrected chi connectivity index (χ4v) is 1.32. The smallest absolute Gasteiger partial charge is 0.435 e. The molecule has 0 aliphatic carbocycles. The Morgan fingerprint density at radius 1 is 1.35 bits per heavy atom. The molecule has 1 aliphatic heterocycles. The fourth-order valence-electron chi connectivity index (χ4n) is 1.32. The third-order valence-corrected chi connectivity index (χ3v) is 2.07. The Labute approximate surface area is 94.3 Å². The number of halogens is 3. The van der Waals surface area contributed by atoms with Crippen LogP contribution in [0.25, 0.3) is 0 Å². The molecule has 0 fully saturated rings. The molecule has 7 heteroatoms. The average molecular weight is 244 g/mol. The number of rotatable bonds is 1. The number of alkyl halides is 3. The summed E-state index contributed by atoms with van der Waals surface area (Å²) in [5.41, 5.74) is -0.829. The van der Waals surface area contributed by atoms with Gasteiger partial charge in [-0.3, -0.25) is 0 Å². The van der Waals surface area contributed by atoms with E-state index in [1.165, 1.54) is 18.3 Å². The average Bonchev–Trinajstić information content (AvgIpc) is 2.29. The van der Waals surface area contributed by atoms with Crippen LogP contribution in [0.3, 0.4) is 0 Å². The molecule has 2 rings (SSSR count). The third-order valence-electron chi connectivity index (χ3n) is 2.07. The summed E-state index contributed by atoms with van der Waals surface area (Å²) in [6.45, 7) is 0.0221. The number of hydrogen-bond donors (Lipinski definition) is 0. The molecule has 0 atom stereocenters. The minimum absolute atomic E-state index is 0.0146. The van der Waals surface area contributed by atoms with E-state index in [-0.39, 0.29) is 12.3 Å². The van der Waals surface area contributed by atoms with Crippen LogP contribution in [0.15, 0.2) is 29.4 Å². The maximum absolute atomic E-state index is 12.5. The van der Waals surface area contributed by atoms with Gasteiger partial charge in [0.05, 0.1) is 17.5 Å². The quantitative estimate of drug-likeness (QED) is 0.762. The highest BCUT2D eigenvalue weighted by atomic mass is 19.4. The normalized spacial score (nSPS) is 15.9. The number of nitrogens with zero attached hydrogens (tertiary/aromatic N) is 2. The summed E-state index contributed by atoms with van der Waals surface area (Å²) in [6, 6.07) is 4.31. The van der Waals surface area contributed by atoms with Crippen molar-refractivity contribution in [3.63, 3.8) is 0 Å². The highest BCUT2D eigenvalue weighted by Crippen LogP contribution is 2.32. The second-order valence-electron chi connectivity index (χ2n) is 3.23. The van der Waals surface area contributed by atoms with Gasteiger partial charge in [-0.05, 0) is 18.2 Å². The molecule has 1 aromatic carbocycles. The molecule has 1 heterocycles. The number of hydrogen-bond acceptors (Lipinski definition) is 3. The van der Waals surface area contributed by atoms with E-state index in [0.717, 1.165) is 17.1 Å². The van der Waals surface area contributed by atoms with E-state index in [4.69, 9.17) is 0 Å². The van der Waals surface area contributed by atoms with Crippen LogP contribution in [-0.2, 0) is 10.9 Å². The predicted octanol–water partition coefficient (Wildman–Crippen LogP) is 2.65. The van der Waals surface area contributed by atoms with Crippen molar-refractivity contribution in [3.05, 3.63) is 29.8 Å². The van der Waals surface area contributed by atoms with Gasteiger partial charge in [0.25, 0.3) is 0 Å². The molecular weight excluding hydrogens is 237 g/mol. The van der Waals surface area contributed by atoms with Crippen molar-refractivity contribution in [1.82, 2.24) is 0 Å². The number of amides is 1. The van der Waals surface area contributed by atoms with Crippen LogP contribution in [-0.4, -0.2) is 18.9 Å². The Bertz CT molecular complexity index is 471. The molecule has 0 aromatic heterocycles. The van der Waals surface area contributed by atoms with Crippen LogP contribution in [0.5, 0.6) is 0 Å². The Balaban J connectivity index is 2.36. The minimum Gasteiger partial charge on any atom is -0.442 e. The molecule has 0 N–H and O–H groups in total. The van der Waals surface area contributed by atoms with Crippen molar-refractivity contribution in [2.45, 2.75) is 6.18 Å². The van der Waals surface area contributed by atoms with Crippen LogP contribution in [0.4, 0.5) is 23.7 Å². The molecule has 4 nitrogen and oxygen atoms in total. The maximum atomic E-state index is 12.5. The molecule has 0 bridgehead atoms. The minimum atomic E-state index is -4.46. The van der Waals surface area contributed by atoms with Crippen molar-refractivity contribution in [2.75, 3.05) is 11.6 Å². The van der Waals surface area contributed by atoms with E-state index in [1.54, 1.807) is 0 Å². The van der Waals surface area contributed by atoms with Crippen LogP contribution in [0.2, 0.25) is 0 Å². The molecular formula is C10H7F3N2O2. The Kier molecular flexibility index (Phi) is 2.74. The Hall–Kier alpha value is -2.05.